The second-order valence-corrected chi connectivity index (χ2v) is 7.06. The topological polar surface area (TPSA) is 70.6 Å². The van der Waals surface area contributed by atoms with Gasteiger partial charge in [-0.3, -0.25) is 4.90 Å². The Morgan fingerprint density at radius 2 is 2.21 bits per heavy atom. The fourth-order valence-electron chi connectivity index (χ4n) is 3.23. The van der Waals surface area contributed by atoms with Crippen molar-refractivity contribution in [3.63, 3.8) is 0 Å². The second-order valence-electron chi connectivity index (χ2n) is 6.34. The number of H-pyrrole nitrogens is 1. The Labute approximate surface area is 145 Å². The molecule has 24 heavy (non-hydrogen) atoms. The Bertz CT molecular complexity index is 825. The van der Waals surface area contributed by atoms with Crippen molar-refractivity contribution in [1.29, 1.82) is 0 Å². The standard InChI is InChI=1S/C17H20N6S/c1-11-6-18-17(20-11)16-5-15(21-12(2)22-16)13-3-4-23(7-13)8-14-9-24-10-19-14/h5-6,9-10,13H,3-4,7-8H2,1-2H3,(H,18,20). The minimum absolute atomic E-state index is 0.445. The zero-order valence-corrected chi connectivity index (χ0v) is 14.7. The van der Waals surface area contributed by atoms with Crippen molar-refractivity contribution < 1.29 is 0 Å². The monoisotopic (exact) mass is 340 g/mol. The summed E-state index contributed by atoms with van der Waals surface area (Å²) in [7, 11) is 0. The molecule has 4 rings (SSSR count). The van der Waals surface area contributed by atoms with E-state index in [1.54, 1.807) is 11.3 Å². The lowest BCUT2D eigenvalue weighted by molar-refractivity contribution is 0.323. The predicted octanol–water partition coefficient (Wildman–Crippen LogP) is 2.93. The van der Waals surface area contributed by atoms with Gasteiger partial charge in [0.15, 0.2) is 5.82 Å². The smallest absolute Gasteiger partial charge is 0.156 e. The third-order valence-electron chi connectivity index (χ3n) is 4.36. The number of imidazole rings is 1. The minimum Gasteiger partial charge on any atom is -0.341 e. The molecule has 1 aliphatic rings. The van der Waals surface area contributed by atoms with Gasteiger partial charge in [-0.05, 0) is 32.9 Å². The maximum atomic E-state index is 4.69. The fourth-order valence-corrected chi connectivity index (χ4v) is 3.78. The van der Waals surface area contributed by atoms with E-state index < -0.39 is 0 Å². The quantitative estimate of drug-likeness (QED) is 0.791. The van der Waals surface area contributed by atoms with Gasteiger partial charge in [0, 0.05) is 42.0 Å². The molecule has 124 valence electrons. The maximum absolute atomic E-state index is 4.69. The molecule has 1 atom stereocenters. The first kappa shape index (κ1) is 15.4. The number of nitrogens with one attached hydrogen (secondary N) is 1. The van der Waals surface area contributed by atoms with Crippen LogP contribution < -0.4 is 0 Å². The second kappa shape index (κ2) is 6.41. The average molecular weight is 340 g/mol. The summed E-state index contributed by atoms with van der Waals surface area (Å²) in [4.78, 5) is 23.7. The highest BCUT2D eigenvalue weighted by molar-refractivity contribution is 7.07. The van der Waals surface area contributed by atoms with Crippen molar-refractivity contribution in [3.8, 4) is 11.5 Å². The Balaban J connectivity index is 1.53. The lowest BCUT2D eigenvalue weighted by Crippen LogP contribution is -2.20. The number of aryl methyl sites for hydroxylation is 2. The summed E-state index contributed by atoms with van der Waals surface area (Å²) in [5.74, 6) is 2.06. The van der Waals surface area contributed by atoms with Crippen LogP contribution in [0.2, 0.25) is 0 Å². The van der Waals surface area contributed by atoms with Gasteiger partial charge in [0.25, 0.3) is 0 Å². The fraction of sp³-hybridized carbons (Fsp3) is 0.412. The summed E-state index contributed by atoms with van der Waals surface area (Å²) < 4.78 is 0. The molecule has 0 amide bonds. The van der Waals surface area contributed by atoms with Gasteiger partial charge in [-0.25, -0.2) is 19.9 Å². The van der Waals surface area contributed by atoms with E-state index in [4.69, 9.17) is 0 Å². The lowest BCUT2D eigenvalue weighted by atomic mass is 10.0. The average Bonchev–Trinajstić information content (AvgIpc) is 3.29. The van der Waals surface area contributed by atoms with Gasteiger partial charge in [-0.15, -0.1) is 11.3 Å². The Hall–Kier alpha value is -2.12. The van der Waals surface area contributed by atoms with E-state index in [2.05, 4.69) is 41.3 Å². The highest BCUT2D eigenvalue weighted by atomic mass is 32.1. The van der Waals surface area contributed by atoms with E-state index in [1.807, 2.05) is 25.6 Å². The van der Waals surface area contributed by atoms with E-state index in [-0.39, 0.29) is 0 Å². The first-order valence-electron chi connectivity index (χ1n) is 8.14. The van der Waals surface area contributed by atoms with Crippen LogP contribution in [-0.4, -0.2) is 42.9 Å². The van der Waals surface area contributed by atoms with E-state index in [0.717, 1.165) is 60.5 Å². The normalized spacial score (nSPS) is 18.3. The first-order valence-corrected chi connectivity index (χ1v) is 9.08. The van der Waals surface area contributed by atoms with E-state index >= 15 is 0 Å². The third kappa shape index (κ3) is 3.22. The van der Waals surface area contributed by atoms with Crippen LogP contribution >= 0.6 is 11.3 Å². The third-order valence-corrected chi connectivity index (χ3v) is 5.00. The van der Waals surface area contributed by atoms with Crippen molar-refractivity contribution in [1.82, 2.24) is 29.8 Å². The Kier molecular flexibility index (Phi) is 4.12. The van der Waals surface area contributed by atoms with E-state index in [1.165, 1.54) is 0 Å². The van der Waals surface area contributed by atoms with Gasteiger partial charge in [0.05, 0.1) is 11.2 Å². The number of thiazole rings is 1. The molecular formula is C17H20N6S. The number of rotatable bonds is 4. The molecule has 4 heterocycles. The van der Waals surface area contributed by atoms with Gasteiger partial charge in [0.2, 0.25) is 0 Å². The van der Waals surface area contributed by atoms with Crippen LogP contribution in [0.4, 0.5) is 0 Å². The predicted molar refractivity (Wildman–Crippen MR) is 93.8 cm³/mol. The van der Waals surface area contributed by atoms with Gasteiger partial charge in [0.1, 0.15) is 11.5 Å². The van der Waals surface area contributed by atoms with Crippen LogP contribution in [0.15, 0.2) is 23.2 Å². The maximum Gasteiger partial charge on any atom is 0.156 e. The molecule has 1 unspecified atom stereocenters. The van der Waals surface area contributed by atoms with Gasteiger partial charge in [-0.2, -0.15) is 0 Å². The number of aromatic amines is 1. The molecule has 6 nitrogen and oxygen atoms in total. The minimum atomic E-state index is 0.445. The molecular weight excluding hydrogens is 320 g/mol. The number of hydrogen-bond donors (Lipinski definition) is 1. The molecule has 0 saturated carbocycles. The highest BCUT2D eigenvalue weighted by Crippen LogP contribution is 2.28. The van der Waals surface area contributed by atoms with E-state index in [9.17, 15) is 0 Å². The molecule has 0 spiro atoms. The molecule has 1 fully saturated rings. The van der Waals surface area contributed by atoms with Gasteiger partial charge in [-0.1, -0.05) is 0 Å². The van der Waals surface area contributed by atoms with Crippen molar-refractivity contribution in [2.45, 2.75) is 32.7 Å². The summed E-state index contributed by atoms with van der Waals surface area (Å²) in [5.41, 5.74) is 6.09. The number of hydrogen-bond acceptors (Lipinski definition) is 6. The Morgan fingerprint density at radius 1 is 1.29 bits per heavy atom. The lowest BCUT2D eigenvalue weighted by Gasteiger charge is -2.15. The molecule has 3 aromatic rings. The van der Waals surface area contributed by atoms with Crippen LogP contribution in [0.3, 0.4) is 0 Å². The van der Waals surface area contributed by atoms with Crippen LogP contribution in [0.25, 0.3) is 11.5 Å². The molecule has 1 saturated heterocycles. The molecule has 7 heteroatoms. The molecule has 1 N–H and O–H groups in total. The van der Waals surface area contributed by atoms with Crippen molar-refractivity contribution >= 4 is 11.3 Å². The summed E-state index contributed by atoms with van der Waals surface area (Å²) in [6.07, 6.45) is 2.95. The van der Waals surface area contributed by atoms with Crippen molar-refractivity contribution in [2.75, 3.05) is 13.1 Å². The molecule has 0 aliphatic carbocycles. The number of nitrogens with zero attached hydrogens (tertiary/aromatic N) is 5. The summed E-state index contributed by atoms with van der Waals surface area (Å²) in [6, 6.07) is 2.09. The van der Waals surface area contributed by atoms with Crippen LogP contribution in [0, 0.1) is 13.8 Å². The Morgan fingerprint density at radius 3 is 2.96 bits per heavy atom. The number of aromatic nitrogens is 5. The van der Waals surface area contributed by atoms with Crippen LogP contribution in [0.1, 0.15) is 35.2 Å². The SMILES string of the molecule is Cc1nc(-c2ncc(C)[nH]2)cc(C2CCN(Cc3cscn3)C2)n1. The summed E-state index contributed by atoms with van der Waals surface area (Å²) in [5, 5.41) is 2.12. The van der Waals surface area contributed by atoms with E-state index in [0.29, 0.717) is 5.92 Å². The van der Waals surface area contributed by atoms with Crippen LogP contribution in [-0.2, 0) is 6.54 Å². The molecule has 0 radical (unpaired) electrons. The van der Waals surface area contributed by atoms with Crippen molar-refractivity contribution in [3.05, 3.63) is 46.1 Å². The number of likely N-dealkylation sites (tertiary alicyclic amines) is 1. The largest absolute Gasteiger partial charge is 0.341 e. The molecule has 3 aromatic heterocycles. The highest BCUT2D eigenvalue weighted by Gasteiger charge is 2.26. The zero-order valence-electron chi connectivity index (χ0n) is 13.9. The first-order chi connectivity index (χ1) is 11.7. The molecule has 1 aliphatic heterocycles. The van der Waals surface area contributed by atoms with Crippen molar-refractivity contribution in [2.24, 2.45) is 0 Å². The summed E-state index contributed by atoms with van der Waals surface area (Å²) >= 11 is 1.65. The summed E-state index contributed by atoms with van der Waals surface area (Å²) in [6.45, 7) is 6.98. The van der Waals surface area contributed by atoms with Gasteiger partial charge >= 0.3 is 0 Å². The molecule has 0 bridgehead atoms. The molecule has 0 aromatic carbocycles. The van der Waals surface area contributed by atoms with Gasteiger partial charge < -0.3 is 4.98 Å². The zero-order chi connectivity index (χ0) is 16.5. The van der Waals surface area contributed by atoms with Crippen LogP contribution in [0.5, 0.6) is 0 Å².